The minimum atomic E-state index is -0.0200. The van der Waals surface area contributed by atoms with Gasteiger partial charge in [0.05, 0.1) is 16.8 Å². The monoisotopic (exact) mass is 304 g/mol. The smallest absolute Gasteiger partial charge is 0.119 e. The predicted molar refractivity (Wildman–Crippen MR) is 89.1 cm³/mol. The van der Waals surface area contributed by atoms with Crippen molar-refractivity contribution in [3.63, 3.8) is 0 Å². The Balaban J connectivity index is 2.03. The van der Waals surface area contributed by atoms with E-state index in [0.717, 1.165) is 29.2 Å². The fourth-order valence-electron chi connectivity index (χ4n) is 2.27. The third-order valence-electron chi connectivity index (χ3n) is 3.35. The highest BCUT2D eigenvalue weighted by molar-refractivity contribution is 7.11. The van der Waals surface area contributed by atoms with E-state index < -0.39 is 0 Å². The quantitative estimate of drug-likeness (QED) is 0.876. The van der Waals surface area contributed by atoms with Gasteiger partial charge in [0.25, 0.3) is 0 Å². The maximum atomic E-state index is 6.30. The Morgan fingerprint density at radius 1 is 1.24 bits per heavy atom. The zero-order chi connectivity index (χ0) is 15.4. The molecule has 2 N–H and O–H groups in total. The van der Waals surface area contributed by atoms with Crippen molar-refractivity contribution in [3.8, 4) is 5.75 Å². The molecule has 0 aliphatic heterocycles. The summed E-state index contributed by atoms with van der Waals surface area (Å²) in [6.45, 7) is 8.31. The summed E-state index contributed by atoms with van der Waals surface area (Å²) < 4.78 is 5.65. The van der Waals surface area contributed by atoms with Gasteiger partial charge < -0.3 is 10.5 Å². The first-order valence-corrected chi connectivity index (χ1v) is 8.28. The fraction of sp³-hybridized carbons (Fsp3) is 0.471. The Kier molecular flexibility index (Phi) is 5.37. The molecule has 1 atom stereocenters. The van der Waals surface area contributed by atoms with Crippen molar-refractivity contribution in [2.24, 2.45) is 5.73 Å². The molecule has 0 amide bonds. The van der Waals surface area contributed by atoms with Crippen molar-refractivity contribution in [2.45, 2.75) is 52.7 Å². The average Bonchev–Trinajstić information content (AvgIpc) is 2.78. The van der Waals surface area contributed by atoms with Gasteiger partial charge in [-0.3, -0.25) is 0 Å². The van der Waals surface area contributed by atoms with Crippen molar-refractivity contribution < 1.29 is 4.74 Å². The number of rotatable bonds is 6. The molecule has 0 bridgehead atoms. The van der Waals surface area contributed by atoms with Gasteiger partial charge in [0.15, 0.2) is 0 Å². The van der Waals surface area contributed by atoms with Crippen molar-refractivity contribution in [1.29, 1.82) is 0 Å². The van der Waals surface area contributed by atoms with Crippen molar-refractivity contribution in [1.82, 2.24) is 4.98 Å². The van der Waals surface area contributed by atoms with Crippen LogP contribution in [0.5, 0.6) is 5.75 Å². The van der Waals surface area contributed by atoms with E-state index >= 15 is 0 Å². The second-order valence-corrected chi connectivity index (χ2v) is 6.80. The van der Waals surface area contributed by atoms with E-state index in [1.807, 2.05) is 38.1 Å². The van der Waals surface area contributed by atoms with Gasteiger partial charge in [0.1, 0.15) is 5.75 Å². The molecule has 1 unspecified atom stereocenters. The molecule has 2 rings (SSSR count). The van der Waals surface area contributed by atoms with Crippen LogP contribution in [0.4, 0.5) is 0 Å². The highest BCUT2D eigenvalue weighted by atomic mass is 32.1. The topological polar surface area (TPSA) is 48.1 Å². The fourth-order valence-corrected chi connectivity index (χ4v) is 3.35. The summed E-state index contributed by atoms with van der Waals surface area (Å²) in [4.78, 5) is 5.97. The van der Waals surface area contributed by atoms with Crippen molar-refractivity contribution in [3.05, 3.63) is 45.4 Å². The van der Waals surface area contributed by atoms with Crippen LogP contribution in [0.2, 0.25) is 0 Å². The highest BCUT2D eigenvalue weighted by Gasteiger charge is 2.12. The van der Waals surface area contributed by atoms with E-state index in [0.29, 0.717) is 0 Å². The molecule has 0 aliphatic rings. The number of hydrogen-bond acceptors (Lipinski definition) is 4. The van der Waals surface area contributed by atoms with Gasteiger partial charge in [0, 0.05) is 17.3 Å². The lowest BCUT2D eigenvalue weighted by Crippen LogP contribution is -2.13. The number of nitrogens with two attached hydrogens (primary N) is 1. The summed E-state index contributed by atoms with van der Waals surface area (Å²) in [6.07, 6.45) is 1.96. The molecule has 0 saturated heterocycles. The van der Waals surface area contributed by atoms with Crippen LogP contribution in [-0.4, -0.2) is 11.1 Å². The molecule has 21 heavy (non-hydrogen) atoms. The number of hydrogen-bond donors (Lipinski definition) is 1. The zero-order valence-corrected chi connectivity index (χ0v) is 14.0. The standard InChI is InChI=1S/C17H24N2OS/c1-5-16-12(4)21-17(19-16)10-15(18)13-6-8-14(9-7-13)20-11(2)3/h6-9,11,15H,5,10,18H2,1-4H3. The minimum absolute atomic E-state index is 0.0200. The van der Waals surface area contributed by atoms with Crippen molar-refractivity contribution >= 4 is 11.3 Å². The summed E-state index contributed by atoms with van der Waals surface area (Å²) in [6, 6.07) is 8.04. The summed E-state index contributed by atoms with van der Waals surface area (Å²) in [5.41, 5.74) is 8.62. The first-order valence-electron chi connectivity index (χ1n) is 7.47. The van der Waals surface area contributed by atoms with E-state index in [1.165, 1.54) is 10.6 Å². The second-order valence-electron chi connectivity index (χ2n) is 5.51. The van der Waals surface area contributed by atoms with Crippen LogP contribution in [0, 0.1) is 6.92 Å². The van der Waals surface area contributed by atoms with Gasteiger partial charge in [-0.25, -0.2) is 4.98 Å². The highest BCUT2D eigenvalue weighted by Crippen LogP contribution is 2.24. The summed E-state index contributed by atoms with van der Waals surface area (Å²) in [5.74, 6) is 0.888. The molecular formula is C17H24N2OS. The summed E-state index contributed by atoms with van der Waals surface area (Å²) >= 11 is 1.76. The Morgan fingerprint density at radius 2 is 1.90 bits per heavy atom. The maximum absolute atomic E-state index is 6.30. The van der Waals surface area contributed by atoms with Gasteiger partial charge in [0.2, 0.25) is 0 Å². The molecule has 0 spiro atoms. The number of ether oxygens (including phenoxy) is 1. The average molecular weight is 304 g/mol. The molecule has 0 saturated carbocycles. The van der Waals surface area contributed by atoms with Crippen LogP contribution < -0.4 is 10.5 Å². The Bertz CT molecular complexity index is 575. The molecule has 0 radical (unpaired) electrons. The first-order chi connectivity index (χ1) is 9.99. The molecule has 1 aromatic carbocycles. The summed E-state index contributed by atoms with van der Waals surface area (Å²) in [5, 5.41) is 1.12. The van der Waals surface area contributed by atoms with Crippen LogP contribution in [-0.2, 0) is 12.8 Å². The van der Waals surface area contributed by atoms with E-state index in [-0.39, 0.29) is 12.1 Å². The van der Waals surface area contributed by atoms with Crippen LogP contribution >= 0.6 is 11.3 Å². The van der Waals surface area contributed by atoms with Gasteiger partial charge in [-0.15, -0.1) is 11.3 Å². The molecule has 4 heteroatoms. The molecule has 1 aromatic heterocycles. The third kappa shape index (κ3) is 4.29. The number of aromatic nitrogens is 1. The predicted octanol–water partition coefficient (Wildman–Crippen LogP) is 4.04. The van der Waals surface area contributed by atoms with Crippen LogP contribution in [0.3, 0.4) is 0 Å². The Hall–Kier alpha value is -1.39. The normalized spacial score (nSPS) is 12.7. The van der Waals surface area contributed by atoms with Crippen molar-refractivity contribution in [2.75, 3.05) is 0 Å². The number of aryl methyl sites for hydroxylation is 2. The van der Waals surface area contributed by atoms with Gasteiger partial charge in [-0.2, -0.15) is 0 Å². The second kappa shape index (κ2) is 7.05. The lowest BCUT2D eigenvalue weighted by atomic mass is 10.1. The maximum Gasteiger partial charge on any atom is 0.119 e. The van der Waals surface area contributed by atoms with E-state index in [2.05, 4.69) is 18.8 Å². The molecule has 2 aromatic rings. The number of benzene rings is 1. The SMILES string of the molecule is CCc1nc(CC(N)c2ccc(OC(C)C)cc2)sc1C. The Labute approximate surface area is 131 Å². The Morgan fingerprint density at radius 3 is 2.43 bits per heavy atom. The molecule has 1 heterocycles. The van der Waals surface area contributed by atoms with E-state index in [1.54, 1.807) is 11.3 Å². The largest absolute Gasteiger partial charge is 0.491 e. The molecule has 0 fully saturated rings. The minimum Gasteiger partial charge on any atom is -0.491 e. The first kappa shape index (κ1) is 16.0. The summed E-state index contributed by atoms with van der Waals surface area (Å²) in [7, 11) is 0. The molecular weight excluding hydrogens is 280 g/mol. The number of thiazole rings is 1. The van der Waals surface area contributed by atoms with E-state index in [4.69, 9.17) is 10.5 Å². The third-order valence-corrected chi connectivity index (χ3v) is 4.38. The van der Waals surface area contributed by atoms with Gasteiger partial charge in [-0.05, 0) is 44.9 Å². The molecule has 3 nitrogen and oxygen atoms in total. The lowest BCUT2D eigenvalue weighted by Gasteiger charge is -2.13. The van der Waals surface area contributed by atoms with Crippen LogP contribution in [0.25, 0.3) is 0 Å². The van der Waals surface area contributed by atoms with Gasteiger partial charge in [-0.1, -0.05) is 19.1 Å². The lowest BCUT2D eigenvalue weighted by molar-refractivity contribution is 0.242. The number of nitrogens with zero attached hydrogens (tertiary/aromatic N) is 1. The van der Waals surface area contributed by atoms with E-state index in [9.17, 15) is 0 Å². The van der Waals surface area contributed by atoms with Gasteiger partial charge >= 0.3 is 0 Å². The molecule has 114 valence electrons. The van der Waals surface area contributed by atoms with Crippen LogP contribution in [0.15, 0.2) is 24.3 Å². The van der Waals surface area contributed by atoms with Crippen LogP contribution in [0.1, 0.15) is 48.0 Å². The zero-order valence-electron chi connectivity index (χ0n) is 13.2. The molecule has 0 aliphatic carbocycles.